The van der Waals surface area contributed by atoms with E-state index in [0.29, 0.717) is 72.0 Å². The highest BCUT2D eigenvalue weighted by Gasteiger charge is 2.61. The van der Waals surface area contributed by atoms with Gasteiger partial charge in [-0.2, -0.15) is 8.61 Å². The van der Waals surface area contributed by atoms with Gasteiger partial charge in [0.15, 0.2) is 0 Å². The number of nitrogens with one attached hydrogen (secondary N) is 1. The van der Waals surface area contributed by atoms with Crippen molar-refractivity contribution in [3.8, 4) is 0 Å². The number of hydrogen-bond acceptors (Lipinski definition) is 14. The third kappa shape index (κ3) is 14.4. The molecule has 0 aromatic heterocycles. The number of amides is 4. The topological polar surface area (TPSA) is 182 Å². The maximum atomic E-state index is 12.6. The van der Waals surface area contributed by atoms with E-state index in [-0.39, 0.29) is 50.7 Å². The fourth-order valence-electron chi connectivity index (χ4n) is 14.8. The number of urea groups is 1. The summed E-state index contributed by atoms with van der Waals surface area (Å²) in [6.45, 7) is 42.9. The zero-order chi connectivity index (χ0) is 64.4. The van der Waals surface area contributed by atoms with Gasteiger partial charge in [-0.25, -0.2) is 31.2 Å². The van der Waals surface area contributed by atoms with Crippen LogP contribution in [0.15, 0.2) is 77.3 Å². The lowest BCUT2D eigenvalue weighted by Gasteiger charge is -2.35. The van der Waals surface area contributed by atoms with Crippen LogP contribution in [0, 0.1) is 32.5 Å². The number of carbonyl (C=O) groups is 3. The number of benzene rings is 3. The van der Waals surface area contributed by atoms with Gasteiger partial charge >= 0.3 is 18.2 Å². The molecule has 0 saturated carbocycles. The molecular formula is C65H100BrN11O9S2. The Bertz CT molecular complexity index is 3190. The lowest BCUT2D eigenvalue weighted by atomic mass is 9.71. The van der Waals surface area contributed by atoms with Crippen molar-refractivity contribution in [1.82, 2.24) is 28.6 Å². The summed E-state index contributed by atoms with van der Waals surface area (Å²) in [7, 11) is -6.23. The van der Waals surface area contributed by atoms with Gasteiger partial charge in [0.25, 0.3) is 0 Å². The summed E-state index contributed by atoms with van der Waals surface area (Å²) in [5, 5.41) is 2.93. The number of rotatable bonds is 8. The van der Waals surface area contributed by atoms with E-state index < -0.39 is 31.2 Å². The molecule has 6 atom stereocenters. The van der Waals surface area contributed by atoms with Crippen LogP contribution in [0.25, 0.3) is 0 Å². The maximum absolute atomic E-state index is 12.6. The van der Waals surface area contributed by atoms with Crippen molar-refractivity contribution < 1.29 is 40.7 Å². The van der Waals surface area contributed by atoms with Crippen molar-refractivity contribution in [2.45, 2.75) is 101 Å². The SMILES string of the molecule is CC(C)(C)OC(=O)N1C[C@@]2(C)CN(c3ccc(Br)cc3)C[C@@]2(C)C1.CC(C)(C)OC(=O)N1C[C@@]2(C)CN(c3ccc(N4CCN(S(C)(=O)=O)CC4)cc3)C[C@@]2(C)C1.CCNC(=O)N1C[C@@]2(C)CN(c3ccc(N4CCN(S(C)(=O)=O)CC4)cc3)C[C@@]2(C)C1. The Morgan fingerprint density at radius 1 is 0.420 bits per heavy atom. The van der Waals surface area contributed by atoms with E-state index in [4.69, 9.17) is 9.47 Å². The number of carbonyl (C=O) groups excluding carboxylic acids is 3. The van der Waals surface area contributed by atoms with E-state index >= 15 is 0 Å². The average Bonchev–Trinajstić information content (AvgIpc) is 1.78. The minimum Gasteiger partial charge on any atom is -0.444 e. The second kappa shape index (κ2) is 24.4. The summed E-state index contributed by atoms with van der Waals surface area (Å²) in [6.07, 6.45) is 2.15. The molecule has 8 aliphatic heterocycles. The third-order valence-corrected chi connectivity index (χ3v) is 23.7. The Kier molecular flexibility index (Phi) is 18.6. The lowest BCUT2D eigenvalue weighted by Crippen LogP contribution is -2.48. The highest BCUT2D eigenvalue weighted by Crippen LogP contribution is 2.55. The van der Waals surface area contributed by atoms with Crippen LogP contribution in [0.2, 0.25) is 0 Å². The molecule has 0 bridgehead atoms. The van der Waals surface area contributed by atoms with E-state index in [9.17, 15) is 31.2 Å². The van der Waals surface area contributed by atoms with Gasteiger partial charge in [-0.05, 0) is 121 Å². The van der Waals surface area contributed by atoms with Crippen molar-refractivity contribution >= 4 is 82.6 Å². The summed E-state index contributed by atoms with van der Waals surface area (Å²) in [4.78, 5) is 55.0. The smallest absolute Gasteiger partial charge is 0.410 e. The molecule has 1 N–H and O–H groups in total. The molecule has 8 aliphatic rings. The number of nitrogens with zero attached hydrogens (tertiary/aromatic N) is 10. The van der Waals surface area contributed by atoms with Gasteiger partial charge in [0.05, 0.1) is 12.5 Å². The summed E-state index contributed by atoms with van der Waals surface area (Å²) < 4.78 is 62.3. The van der Waals surface area contributed by atoms with E-state index in [1.165, 1.54) is 29.6 Å². The van der Waals surface area contributed by atoms with Crippen LogP contribution >= 0.6 is 15.9 Å². The van der Waals surface area contributed by atoms with E-state index in [1.54, 1.807) is 8.61 Å². The van der Waals surface area contributed by atoms with E-state index in [2.05, 4.69) is 160 Å². The van der Waals surface area contributed by atoms with E-state index in [0.717, 1.165) is 81.3 Å². The van der Waals surface area contributed by atoms with Gasteiger partial charge in [-0.3, -0.25) is 0 Å². The Morgan fingerprint density at radius 2 is 0.659 bits per heavy atom. The minimum atomic E-state index is -3.12. The summed E-state index contributed by atoms with van der Waals surface area (Å²) >= 11 is 3.49. The van der Waals surface area contributed by atoms with Gasteiger partial charge in [0, 0.05) is 203 Å². The predicted octanol–water partition coefficient (Wildman–Crippen LogP) is 9.03. The molecule has 23 heteroatoms. The monoisotopic (exact) mass is 1320 g/mol. The summed E-state index contributed by atoms with van der Waals surface area (Å²) in [5.41, 5.74) is 5.28. The van der Waals surface area contributed by atoms with Crippen molar-refractivity contribution in [2.24, 2.45) is 32.5 Å². The fraction of sp³-hybridized carbons (Fsp3) is 0.677. The summed E-state index contributed by atoms with van der Waals surface area (Å²) in [5.74, 6) is 0. The number of likely N-dealkylation sites (tertiary alicyclic amines) is 3. The number of piperazine rings is 2. The number of hydrogen-bond donors (Lipinski definition) is 1. The Hall–Kier alpha value is -5.23. The molecule has 20 nitrogen and oxygen atoms in total. The first-order valence-electron chi connectivity index (χ1n) is 31.3. The molecule has 0 radical (unpaired) electrons. The van der Waals surface area contributed by atoms with Crippen LogP contribution in [-0.2, 0) is 29.5 Å². The fourth-order valence-corrected chi connectivity index (χ4v) is 16.7. The zero-order valence-corrected chi connectivity index (χ0v) is 58.3. The number of ether oxygens (including phenoxy) is 2. The molecule has 3 aromatic carbocycles. The first kappa shape index (κ1) is 67.2. The second-order valence-corrected chi connectivity index (χ2v) is 35.0. The summed E-state index contributed by atoms with van der Waals surface area (Å²) in [6, 6.07) is 25.8. The normalized spacial score (nSPS) is 29.3. The van der Waals surface area contributed by atoms with Crippen molar-refractivity contribution in [1.29, 1.82) is 0 Å². The lowest BCUT2D eigenvalue weighted by molar-refractivity contribution is 0.0259. The van der Waals surface area contributed by atoms with Crippen molar-refractivity contribution in [2.75, 3.05) is 174 Å². The second-order valence-electron chi connectivity index (χ2n) is 30.1. The molecule has 11 rings (SSSR count). The highest BCUT2D eigenvalue weighted by atomic mass is 79.9. The molecule has 8 saturated heterocycles. The highest BCUT2D eigenvalue weighted by molar-refractivity contribution is 9.10. The first-order chi connectivity index (χ1) is 40.7. The molecule has 8 heterocycles. The van der Waals surface area contributed by atoms with Crippen LogP contribution in [-0.4, -0.2) is 220 Å². The Morgan fingerprint density at radius 3 is 0.898 bits per heavy atom. The Labute approximate surface area is 534 Å². The van der Waals surface area contributed by atoms with Gasteiger partial charge in [0.2, 0.25) is 20.0 Å². The average molecular weight is 1320 g/mol. The largest absolute Gasteiger partial charge is 0.444 e. The Balaban J connectivity index is 0.000000159. The van der Waals surface area contributed by atoms with E-state index in [1.807, 2.05) is 63.2 Å². The minimum absolute atomic E-state index is 0.00451. The van der Waals surface area contributed by atoms with Crippen LogP contribution in [0.1, 0.15) is 90.0 Å². The molecule has 8 fully saturated rings. The predicted molar refractivity (Wildman–Crippen MR) is 356 cm³/mol. The van der Waals surface area contributed by atoms with Crippen molar-refractivity contribution in [3.05, 3.63) is 77.3 Å². The molecule has 488 valence electrons. The van der Waals surface area contributed by atoms with Gasteiger partial charge < -0.3 is 54.0 Å². The van der Waals surface area contributed by atoms with Crippen LogP contribution in [0.5, 0.6) is 0 Å². The first-order valence-corrected chi connectivity index (χ1v) is 35.8. The standard InChI is InChI=1S/C24H38N4O4S.C22H35N5O3S.C19H27BrN2O2/c1-22(2,3)32-21(29)27-17-23(4)15-26(16-24(23,5)18-27)20-9-7-19(8-10-20)25-11-13-28(14-12-25)33(6,30)31;1-5-23-20(28)26-16-21(2)14-25(15-22(21,3)17-26)19-8-6-18(7-9-19)24-10-12-27(13-11-24)31(4,29)30;1-17(2,3)24-16(23)22-12-18(4)10-21(11-19(18,5)13-22)15-8-6-14(20)7-9-15/h7-10H,11-18H2,1-6H3;6-9H,5,10-17H2,1-4H3,(H,23,28);6-9H,10-13H2,1-5H3/t23-,24+;21-,22+;18-,19+. The molecule has 0 unspecified atom stereocenters. The van der Waals surface area contributed by atoms with Crippen LogP contribution in [0.3, 0.4) is 0 Å². The molecule has 0 spiro atoms. The zero-order valence-electron chi connectivity index (χ0n) is 55.1. The van der Waals surface area contributed by atoms with Crippen LogP contribution in [0.4, 0.5) is 42.8 Å². The van der Waals surface area contributed by atoms with Crippen LogP contribution < -0.4 is 29.8 Å². The third-order valence-electron chi connectivity index (χ3n) is 20.5. The number of halogens is 1. The molecule has 0 aliphatic carbocycles. The number of anilines is 5. The molecule has 4 amide bonds. The van der Waals surface area contributed by atoms with Crippen molar-refractivity contribution in [3.63, 3.8) is 0 Å². The molecule has 88 heavy (non-hydrogen) atoms. The molecule has 3 aromatic rings. The van der Waals surface area contributed by atoms with Gasteiger partial charge in [0.1, 0.15) is 11.2 Å². The quantitative estimate of drug-likeness (QED) is 0.226. The number of sulfonamides is 2. The number of fused-ring (bicyclic) bond motifs is 3. The maximum Gasteiger partial charge on any atom is 0.410 e. The van der Waals surface area contributed by atoms with Gasteiger partial charge in [-0.15, -0.1) is 0 Å². The molecular weight excluding hydrogens is 1220 g/mol. The van der Waals surface area contributed by atoms with Gasteiger partial charge in [-0.1, -0.05) is 57.5 Å².